The van der Waals surface area contributed by atoms with Crippen LogP contribution in [0.4, 0.5) is 0 Å². The Morgan fingerprint density at radius 3 is 2.53 bits per heavy atom. The van der Waals surface area contributed by atoms with Gasteiger partial charge in [0.05, 0.1) is 6.61 Å². The topological polar surface area (TPSA) is 70.6 Å². The molecule has 6 nitrogen and oxygen atoms in total. The number of aliphatic hydroxyl groups is 1. The van der Waals surface area contributed by atoms with Crippen molar-refractivity contribution in [3.63, 3.8) is 0 Å². The van der Waals surface area contributed by atoms with Gasteiger partial charge in [0.15, 0.2) is 11.5 Å². The summed E-state index contributed by atoms with van der Waals surface area (Å²) in [7, 11) is 2.02. The number of nitrogens with one attached hydrogen (secondary N) is 1. The van der Waals surface area contributed by atoms with Crippen LogP contribution in [-0.2, 0) is 6.54 Å². The van der Waals surface area contributed by atoms with Crippen molar-refractivity contribution < 1.29 is 14.6 Å². The van der Waals surface area contributed by atoms with Crippen molar-refractivity contribution in [3.05, 3.63) is 53.3 Å². The molecule has 0 saturated heterocycles. The van der Waals surface area contributed by atoms with Gasteiger partial charge in [-0.05, 0) is 56.1 Å². The third-order valence-electron chi connectivity index (χ3n) is 5.04. The molecule has 0 amide bonds. The van der Waals surface area contributed by atoms with Crippen molar-refractivity contribution in [1.29, 1.82) is 0 Å². The zero-order valence-electron chi connectivity index (χ0n) is 18.6. The maximum Gasteiger partial charge on any atom is 0.161 e. The van der Waals surface area contributed by atoms with E-state index in [-0.39, 0.29) is 6.61 Å². The van der Waals surface area contributed by atoms with Gasteiger partial charge in [-0.25, -0.2) is 4.98 Å². The van der Waals surface area contributed by atoms with Crippen molar-refractivity contribution >= 4 is 11.0 Å². The van der Waals surface area contributed by atoms with Crippen LogP contribution in [0.2, 0.25) is 0 Å². The summed E-state index contributed by atoms with van der Waals surface area (Å²) in [6.45, 7) is 10.4. The van der Waals surface area contributed by atoms with E-state index >= 15 is 0 Å². The average Bonchev–Trinajstić information content (AvgIpc) is 3.05. The number of benzene rings is 1. The number of aliphatic hydroxyl groups excluding tert-OH is 1. The average molecular weight is 412 g/mol. The van der Waals surface area contributed by atoms with E-state index in [9.17, 15) is 5.11 Å². The molecule has 6 heteroatoms. The first-order valence-electron chi connectivity index (χ1n) is 10.6. The number of hydrogen-bond acceptors (Lipinski definition) is 5. The van der Waals surface area contributed by atoms with Crippen LogP contribution >= 0.6 is 0 Å². The fraction of sp³-hybridized carbons (Fsp3) is 0.458. The Labute approximate surface area is 178 Å². The summed E-state index contributed by atoms with van der Waals surface area (Å²) in [5, 5.41) is 11.7. The molecule has 0 bridgehead atoms. The molecular weight excluding hydrogens is 378 g/mol. The minimum Gasteiger partial charge on any atom is -0.490 e. The Hall–Kier alpha value is -2.57. The van der Waals surface area contributed by atoms with Crippen molar-refractivity contribution in [2.75, 3.05) is 26.8 Å². The number of aryl methyl sites for hydroxylation is 1. The number of hydrogen-bond donors (Lipinski definition) is 2. The van der Waals surface area contributed by atoms with Gasteiger partial charge in [0.1, 0.15) is 18.4 Å². The van der Waals surface area contributed by atoms with Crippen molar-refractivity contribution in [3.8, 4) is 11.5 Å². The number of aromatic nitrogens is 2. The molecule has 2 aromatic heterocycles. The first-order valence-corrected chi connectivity index (χ1v) is 10.6. The van der Waals surface area contributed by atoms with Gasteiger partial charge in [0.2, 0.25) is 0 Å². The van der Waals surface area contributed by atoms with Gasteiger partial charge in [0, 0.05) is 30.4 Å². The lowest BCUT2D eigenvalue weighted by molar-refractivity contribution is 0.0730. The van der Waals surface area contributed by atoms with Crippen molar-refractivity contribution in [2.24, 2.45) is 0 Å². The quantitative estimate of drug-likeness (QED) is 0.521. The van der Waals surface area contributed by atoms with E-state index in [1.54, 1.807) is 0 Å². The molecule has 0 fully saturated rings. The highest BCUT2D eigenvalue weighted by atomic mass is 16.5. The Morgan fingerprint density at radius 1 is 1.17 bits per heavy atom. The van der Waals surface area contributed by atoms with Gasteiger partial charge < -0.3 is 19.6 Å². The van der Waals surface area contributed by atoms with E-state index < -0.39 is 6.10 Å². The van der Waals surface area contributed by atoms with Crippen LogP contribution in [0.5, 0.6) is 11.5 Å². The van der Waals surface area contributed by atoms with Crippen LogP contribution in [0.25, 0.3) is 11.0 Å². The molecule has 0 saturated carbocycles. The molecule has 1 aromatic carbocycles. The maximum absolute atomic E-state index is 10.5. The molecule has 3 rings (SSSR count). The van der Waals surface area contributed by atoms with Crippen molar-refractivity contribution in [1.82, 2.24) is 14.9 Å². The number of ether oxygens (including phenoxy) is 2. The molecule has 1 atom stereocenters. The molecule has 0 aliphatic rings. The van der Waals surface area contributed by atoms with Crippen LogP contribution in [-0.4, -0.2) is 52.9 Å². The smallest absolute Gasteiger partial charge is 0.161 e. The number of nitrogens with zero attached hydrogens (tertiary/aromatic N) is 2. The fourth-order valence-corrected chi connectivity index (χ4v) is 3.69. The second-order valence-electron chi connectivity index (χ2n) is 8.12. The number of rotatable bonds is 10. The summed E-state index contributed by atoms with van der Waals surface area (Å²) >= 11 is 0. The second kappa shape index (κ2) is 9.96. The summed E-state index contributed by atoms with van der Waals surface area (Å²) in [5.41, 5.74) is 4.51. The zero-order valence-corrected chi connectivity index (χ0v) is 18.6. The van der Waals surface area contributed by atoms with E-state index in [2.05, 4.69) is 41.7 Å². The Bertz CT molecular complexity index is 967. The molecule has 162 valence electrons. The van der Waals surface area contributed by atoms with Gasteiger partial charge in [-0.2, -0.15) is 0 Å². The highest BCUT2D eigenvalue weighted by molar-refractivity contribution is 5.82. The molecule has 2 N–H and O–H groups in total. The standard InChI is InChI=1S/C24H33N3O3/c1-6-29-21-9-7-8-10-22(21)30-15-18(28)13-27(5)14-20-19-11-17(4)12-25-24(19)26-23(20)16(2)3/h7-12,16,18,28H,6,13-15H2,1-5H3,(H,25,26). The molecule has 1 unspecified atom stereocenters. The van der Waals surface area contributed by atoms with Gasteiger partial charge >= 0.3 is 0 Å². The van der Waals surface area contributed by atoms with Gasteiger partial charge in [-0.1, -0.05) is 26.0 Å². The van der Waals surface area contributed by atoms with E-state index in [0.717, 1.165) is 23.1 Å². The Morgan fingerprint density at radius 2 is 1.87 bits per heavy atom. The van der Waals surface area contributed by atoms with Gasteiger partial charge in [-0.3, -0.25) is 4.90 Å². The molecule has 0 radical (unpaired) electrons. The third kappa shape index (κ3) is 5.32. The molecule has 0 aliphatic carbocycles. The van der Waals surface area contributed by atoms with E-state index in [0.29, 0.717) is 30.6 Å². The summed E-state index contributed by atoms with van der Waals surface area (Å²) in [6.07, 6.45) is 1.27. The maximum atomic E-state index is 10.5. The number of likely N-dealkylation sites (N-methyl/N-ethyl adjacent to an activating group) is 1. The lowest BCUT2D eigenvalue weighted by Gasteiger charge is -2.22. The summed E-state index contributed by atoms with van der Waals surface area (Å²) in [6, 6.07) is 9.72. The van der Waals surface area contributed by atoms with Gasteiger partial charge in [-0.15, -0.1) is 0 Å². The zero-order chi connectivity index (χ0) is 21.7. The van der Waals surface area contributed by atoms with Crippen molar-refractivity contribution in [2.45, 2.75) is 46.3 Å². The van der Waals surface area contributed by atoms with Crippen LogP contribution in [0.3, 0.4) is 0 Å². The van der Waals surface area contributed by atoms with Crippen LogP contribution in [0.15, 0.2) is 36.5 Å². The Balaban J connectivity index is 1.65. The van der Waals surface area contributed by atoms with Crippen LogP contribution < -0.4 is 9.47 Å². The first kappa shape index (κ1) is 22.1. The molecule has 0 aliphatic heterocycles. The SMILES string of the molecule is CCOc1ccccc1OCC(O)CN(C)Cc1c(C(C)C)[nH]c2ncc(C)cc12. The molecular formula is C24H33N3O3. The summed E-state index contributed by atoms with van der Waals surface area (Å²) < 4.78 is 11.4. The largest absolute Gasteiger partial charge is 0.490 e. The van der Waals surface area contributed by atoms with Gasteiger partial charge in [0.25, 0.3) is 0 Å². The van der Waals surface area contributed by atoms with E-state index in [1.165, 1.54) is 11.3 Å². The predicted octanol–water partition coefficient (Wildman–Crippen LogP) is 4.27. The summed E-state index contributed by atoms with van der Waals surface area (Å²) in [5.74, 6) is 1.72. The van der Waals surface area contributed by atoms with E-state index in [4.69, 9.17) is 9.47 Å². The normalized spacial score (nSPS) is 12.7. The number of para-hydroxylation sites is 2. The molecule has 30 heavy (non-hydrogen) atoms. The predicted molar refractivity (Wildman–Crippen MR) is 120 cm³/mol. The van der Waals surface area contributed by atoms with Crippen LogP contribution in [0, 0.1) is 6.92 Å². The number of aromatic amines is 1. The summed E-state index contributed by atoms with van der Waals surface area (Å²) in [4.78, 5) is 10.1. The number of pyridine rings is 1. The highest BCUT2D eigenvalue weighted by Crippen LogP contribution is 2.29. The minimum absolute atomic E-state index is 0.208. The monoisotopic (exact) mass is 411 g/mol. The number of fused-ring (bicyclic) bond motifs is 1. The molecule has 2 heterocycles. The fourth-order valence-electron chi connectivity index (χ4n) is 3.69. The van der Waals surface area contributed by atoms with E-state index in [1.807, 2.05) is 44.4 Å². The Kier molecular flexibility index (Phi) is 7.34. The van der Waals surface area contributed by atoms with Crippen LogP contribution in [0.1, 0.15) is 43.5 Å². The number of H-pyrrole nitrogens is 1. The highest BCUT2D eigenvalue weighted by Gasteiger charge is 2.18. The molecule has 0 spiro atoms. The second-order valence-corrected chi connectivity index (χ2v) is 8.12. The molecule has 3 aromatic rings. The lowest BCUT2D eigenvalue weighted by atomic mass is 10.0. The lowest BCUT2D eigenvalue weighted by Crippen LogP contribution is -2.33. The third-order valence-corrected chi connectivity index (χ3v) is 5.04. The first-order chi connectivity index (χ1) is 14.4. The minimum atomic E-state index is -0.614.